The monoisotopic (exact) mass is 729 g/mol. The SMILES string of the molecule is COC[C@@H](C)n1cc(-c2ncc(C(=O)NC3(C(=O)O)CC4CC(C)CC3C4)c(C(C)(F)F)n2)c2ccc(OC3CCC(N4CC(F)(F)C4)CC3)cc21. The van der Waals surface area contributed by atoms with E-state index in [2.05, 4.69) is 22.2 Å². The quantitative estimate of drug-likeness (QED) is 0.202. The van der Waals surface area contributed by atoms with Crippen molar-refractivity contribution in [3.63, 3.8) is 0 Å². The number of carbonyl (C=O) groups is 2. The zero-order valence-corrected chi connectivity index (χ0v) is 30.0. The van der Waals surface area contributed by atoms with Crippen molar-refractivity contribution in [3.8, 4) is 17.1 Å². The molecule has 7 rings (SSSR count). The zero-order valence-electron chi connectivity index (χ0n) is 30.0. The number of aromatic nitrogens is 3. The molecule has 1 saturated heterocycles. The van der Waals surface area contributed by atoms with Crippen LogP contribution in [0.3, 0.4) is 0 Å². The summed E-state index contributed by atoms with van der Waals surface area (Å²) in [6.45, 7) is 4.68. The molecule has 3 aromatic rings. The number of carbonyl (C=O) groups excluding carboxylic acids is 1. The molecule has 2 bridgehead atoms. The van der Waals surface area contributed by atoms with E-state index in [9.17, 15) is 23.5 Å². The highest BCUT2D eigenvalue weighted by Gasteiger charge is 2.56. The number of hydrogen-bond donors (Lipinski definition) is 2. The van der Waals surface area contributed by atoms with E-state index < -0.39 is 40.5 Å². The third-order valence-corrected chi connectivity index (χ3v) is 11.8. The number of nitrogens with zero attached hydrogens (tertiary/aromatic N) is 4. The third kappa shape index (κ3) is 6.88. The maximum Gasteiger partial charge on any atom is 0.329 e. The molecule has 4 aliphatic rings. The number of nitrogens with one attached hydrogen (secondary N) is 1. The molecule has 0 spiro atoms. The van der Waals surface area contributed by atoms with Crippen molar-refractivity contribution < 1.29 is 41.7 Å². The van der Waals surface area contributed by atoms with Gasteiger partial charge in [0.15, 0.2) is 5.82 Å². The fourth-order valence-corrected chi connectivity index (χ4v) is 9.38. The van der Waals surface area contributed by atoms with Crippen LogP contribution >= 0.6 is 0 Å². The Morgan fingerprint density at radius 1 is 1.13 bits per heavy atom. The fraction of sp³-hybridized carbons (Fsp3) is 0.632. The van der Waals surface area contributed by atoms with Gasteiger partial charge in [0, 0.05) is 49.5 Å². The molecule has 14 heteroatoms. The van der Waals surface area contributed by atoms with Crippen LogP contribution in [0.15, 0.2) is 30.6 Å². The Balaban J connectivity index is 1.16. The van der Waals surface area contributed by atoms with Crippen molar-refractivity contribution in [2.45, 2.75) is 108 Å². The molecule has 5 atom stereocenters. The lowest BCUT2D eigenvalue weighted by molar-refractivity contribution is -0.151. The molecule has 10 nitrogen and oxygen atoms in total. The second kappa shape index (κ2) is 13.6. The molecule has 282 valence electrons. The summed E-state index contributed by atoms with van der Waals surface area (Å²) in [5.41, 5.74) is -1.57. The second-order valence-electron chi connectivity index (χ2n) is 15.9. The van der Waals surface area contributed by atoms with Gasteiger partial charge in [-0.2, -0.15) is 8.78 Å². The first-order chi connectivity index (χ1) is 24.6. The first kappa shape index (κ1) is 36.6. The smallest absolute Gasteiger partial charge is 0.329 e. The Kier molecular flexibility index (Phi) is 9.54. The molecule has 1 aliphatic heterocycles. The molecule has 3 heterocycles. The molecule has 4 unspecified atom stereocenters. The van der Waals surface area contributed by atoms with Crippen LogP contribution in [0.25, 0.3) is 22.3 Å². The van der Waals surface area contributed by atoms with Gasteiger partial charge in [0.05, 0.1) is 42.9 Å². The second-order valence-corrected chi connectivity index (χ2v) is 15.9. The van der Waals surface area contributed by atoms with Gasteiger partial charge in [-0.05, 0) is 88.2 Å². The summed E-state index contributed by atoms with van der Waals surface area (Å²) >= 11 is 0. The Hall–Kier alpha value is -3.78. The number of benzene rings is 1. The summed E-state index contributed by atoms with van der Waals surface area (Å²) in [5, 5.41) is 13.7. The fourth-order valence-electron chi connectivity index (χ4n) is 9.38. The molecule has 1 aromatic carbocycles. The zero-order chi connectivity index (χ0) is 37.2. The molecule has 1 amide bonds. The average Bonchev–Trinajstić information content (AvgIpc) is 3.57. The Morgan fingerprint density at radius 3 is 2.52 bits per heavy atom. The highest BCUT2D eigenvalue weighted by Crippen LogP contribution is 2.51. The van der Waals surface area contributed by atoms with Gasteiger partial charge in [-0.25, -0.2) is 23.5 Å². The molecule has 2 aromatic heterocycles. The van der Waals surface area contributed by atoms with E-state index >= 15 is 8.78 Å². The van der Waals surface area contributed by atoms with Crippen LogP contribution in [0.2, 0.25) is 0 Å². The van der Waals surface area contributed by atoms with Crippen molar-refractivity contribution in [1.82, 2.24) is 24.8 Å². The van der Waals surface area contributed by atoms with E-state index in [1.807, 2.05) is 28.5 Å². The normalized spacial score (nSPS) is 29.4. The Morgan fingerprint density at radius 2 is 1.87 bits per heavy atom. The number of likely N-dealkylation sites (tertiary alicyclic amines) is 1. The standard InChI is InChI=1S/C38H47F4N5O5/c1-21-11-23-13-24(12-21)38(15-23,35(49)50)45-34(48)29-16-43-33(44-32(29)36(3,39)40)30-17-47(22(2)18-51-4)31-14-27(9-10-28(30)31)52-26-7-5-25(6-8-26)46-19-37(41,42)20-46/h9-10,14,16-17,21-26H,5-8,11-13,15,18-20H2,1-4H3,(H,45,48)(H,49,50)/t21?,22-,23?,24?,25?,26?,38?/m1/s1. The maximum atomic E-state index is 15.3. The van der Waals surface area contributed by atoms with Crippen LogP contribution in [0.4, 0.5) is 17.6 Å². The molecule has 3 aliphatic carbocycles. The number of methoxy groups -OCH3 is 1. The molecule has 2 N–H and O–H groups in total. The highest BCUT2D eigenvalue weighted by atomic mass is 19.3. The van der Waals surface area contributed by atoms with Crippen LogP contribution in [-0.4, -0.2) is 86.8 Å². The lowest BCUT2D eigenvalue weighted by Gasteiger charge is -2.46. The van der Waals surface area contributed by atoms with E-state index in [1.54, 1.807) is 19.4 Å². The summed E-state index contributed by atoms with van der Waals surface area (Å²) in [7, 11) is 1.59. The summed E-state index contributed by atoms with van der Waals surface area (Å²) < 4.78 is 71.2. The first-order valence-electron chi connectivity index (χ1n) is 18.3. The molecular formula is C38H47F4N5O5. The van der Waals surface area contributed by atoms with Crippen molar-refractivity contribution >= 4 is 22.8 Å². The van der Waals surface area contributed by atoms with Gasteiger partial charge in [-0.15, -0.1) is 0 Å². The number of rotatable bonds is 11. The number of alkyl halides is 4. The van der Waals surface area contributed by atoms with Gasteiger partial charge < -0.3 is 24.5 Å². The van der Waals surface area contributed by atoms with Crippen LogP contribution in [0.1, 0.15) is 94.2 Å². The van der Waals surface area contributed by atoms with Crippen molar-refractivity contribution in [2.75, 3.05) is 26.8 Å². The van der Waals surface area contributed by atoms with E-state index in [0.29, 0.717) is 49.0 Å². The summed E-state index contributed by atoms with van der Waals surface area (Å²) in [4.78, 5) is 36.9. The van der Waals surface area contributed by atoms with Crippen LogP contribution in [0.5, 0.6) is 5.75 Å². The lowest BCUT2D eigenvalue weighted by atomic mass is 9.78. The summed E-state index contributed by atoms with van der Waals surface area (Å²) in [6.07, 6.45) is 8.25. The van der Waals surface area contributed by atoms with E-state index in [4.69, 9.17) is 9.47 Å². The van der Waals surface area contributed by atoms with E-state index in [0.717, 1.165) is 43.8 Å². The number of aliphatic carboxylic acids is 1. The average molecular weight is 730 g/mol. The van der Waals surface area contributed by atoms with Crippen molar-refractivity contribution in [3.05, 3.63) is 41.9 Å². The predicted molar refractivity (Wildman–Crippen MR) is 185 cm³/mol. The van der Waals surface area contributed by atoms with Gasteiger partial charge >= 0.3 is 5.97 Å². The number of carboxylic acids is 1. The van der Waals surface area contributed by atoms with E-state index in [-0.39, 0.29) is 55.4 Å². The topological polar surface area (TPSA) is 119 Å². The lowest BCUT2D eigenvalue weighted by Crippen LogP contribution is -2.60. The minimum absolute atomic E-state index is 0.0106. The van der Waals surface area contributed by atoms with Crippen LogP contribution in [-0.2, 0) is 15.5 Å². The van der Waals surface area contributed by atoms with Crippen molar-refractivity contribution in [2.24, 2.45) is 17.8 Å². The van der Waals surface area contributed by atoms with Gasteiger partial charge in [-0.1, -0.05) is 6.92 Å². The first-order valence-corrected chi connectivity index (χ1v) is 18.3. The summed E-state index contributed by atoms with van der Waals surface area (Å²) in [5.74, 6) is -7.45. The van der Waals surface area contributed by atoms with Gasteiger partial charge in [0.1, 0.15) is 17.0 Å². The number of halogens is 4. The molecule has 52 heavy (non-hydrogen) atoms. The number of hydrogen-bond acceptors (Lipinski definition) is 7. The number of ether oxygens (including phenoxy) is 2. The van der Waals surface area contributed by atoms with Crippen molar-refractivity contribution in [1.29, 1.82) is 0 Å². The van der Waals surface area contributed by atoms with Crippen LogP contribution in [0, 0.1) is 17.8 Å². The largest absolute Gasteiger partial charge is 0.490 e. The third-order valence-electron chi connectivity index (χ3n) is 11.8. The number of amides is 1. The molecule has 4 fully saturated rings. The van der Waals surface area contributed by atoms with Crippen LogP contribution < -0.4 is 10.1 Å². The number of fused-ring (bicyclic) bond motifs is 3. The van der Waals surface area contributed by atoms with E-state index in [1.165, 1.54) is 0 Å². The highest BCUT2D eigenvalue weighted by molar-refractivity contribution is 6.00. The van der Waals surface area contributed by atoms with Gasteiger partial charge in [0.2, 0.25) is 0 Å². The molecule has 3 saturated carbocycles. The maximum absolute atomic E-state index is 15.3. The molecule has 0 radical (unpaired) electrons. The summed E-state index contributed by atoms with van der Waals surface area (Å²) in [6, 6.07) is 5.49. The minimum Gasteiger partial charge on any atom is -0.490 e. The van der Waals surface area contributed by atoms with Gasteiger partial charge in [0.25, 0.3) is 17.8 Å². The Labute approximate surface area is 300 Å². The molecular weight excluding hydrogens is 682 g/mol. The number of carboxylic acid groups (broad SMARTS) is 1. The minimum atomic E-state index is -3.54. The Bertz CT molecular complexity index is 1830. The predicted octanol–water partition coefficient (Wildman–Crippen LogP) is 7.07. The van der Waals surface area contributed by atoms with Gasteiger partial charge in [-0.3, -0.25) is 9.69 Å².